The molecular formula is C17H19BrN2O. The lowest BCUT2D eigenvalue weighted by atomic mass is 10.2. The van der Waals surface area contributed by atoms with Gasteiger partial charge in [-0.2, -0.15) is 0 Å². The average molecular weight is 347 g/mol. The second-order valence-electron chi connectivity index (χ2n) is 5.57. The van der Waals surface area contributed by atoms with E-state index in [0.717, 1.165) is 28.7 Å². The fraction of sp³-hybridized carbons (Fsp3) is 0.353. The second-order valence-corrected chi connectivity index (χ2v) is 6.48. The molecule has 0 aliphatic heterocycles. The Kier molecular flexibility index (Phi) is 3.89. The van der Waals surface area contributed by atoms with Crippen LogP contribution >= 0.6 is 15.9 Å². The predicted molar refractivity (Wildman–Crippen MR) is 88.9 cm³/mol. The molecule has 0 atom stereocenters. The number of hydrogen-bond acceptors (Lipinski definition) is 1. The molecule has 0 N–H and O–H groups in total. The lowest BCUT2D eigenvalue weighted by Gasteiger charge is -2.22. The van der Waals surface area contributed by atoms with E-state index in [0.29, 0.717) is 12.6 Å². The van der Waals surface area contributed by atoms with E-state index in [1.165, 1.54) is 5.56 Å². The van der Waals surface area contributed by atoms with Gasteiger partial charge in [-0.25, -0.2) is 0 Å². The van der Waals surface area contributed by atoms with Gasteiger partial charge < -0.3 is 9.47 Å². The van der Waals surface area contributed by atoms with Crippen molar-refractivity contribution in [1.82, 2.24) is 4.57 Å². The number of halogens is 1. The zero-order valence-corrected chi connectivity index (χ0v) is 13.9. The minimum Gasteiger partial charge on any atom is -0.339 e. The van der Waals surface area contributed by atoms with E-state index < -0.39 is 0 Å². The summed E-state index contributed by atoms with van der Waals surface area (Å²) in [5.74, 6) is 0.0685. The van der Waals surface area contributed by atoms with Gasteiger partial charge in [-0.05, 0) is 60.8 Å². The van der Waals surface area contributed by atoms with E-state index in [2.05, 4.69) is 27.4 Å². The minimum absolute atomic E-state index is 0.0685. The van der Waals surface area contributed by atoms with Crippen molar-refractivity contribution in [3.05, 3.63) is 52.3 Å². The molecule has 2 aromatic rings. The Labute approximate surface area is 133 Å². The number of aromatic nitrogens is 1. The maximum Gasteiger partial charge on any atom is 0.274 e. The SMILES string of the molecule is CCN(C(=O)c1cc(Br)cn1C1CC1)c1ccc(C)cc1. The van der Waals surface area contributed by atoms with Gasteiger partial charge in [0.05, 0.1) is 0 Å². The third kappa shape index (κ3) is 2.91. The van der Waals surface area contributed by atoms with Gasteiger partial charge in [-0.15, -0.1) is 0 Å². The first-order valence-corrected chi connectivity index (χ1v) is 8.15. The van der Waals surface area contributed by atoms with Crippen LogP contribution in [0.3, 0.4) is 0 Å². The Hall–Kier alpha value is -1.55. The molecule has 110 valence electrons. The molecule has 1 heterocycles. The topological polar surface area (TPSA) is 25.2 Å². The maximum absolute atomic E-state index is 12.9. The van der Waals surface area contributed by atoms with E-state index in [9.17, 15) is 4.79 Å². The molecule has 4 heteroatoms. The molecule has 1 fully saturated rings. The van der Waals surface area contributed by atoms with Crippen LogP contribution in [-0.4, -0.2) is 17.0 Å². The van der Waals surface area contributed by atoms with E-state index in [4.69, 9.17) is 0 Å². The summed E-state index contributed by atoms with van der Waals surface area (Å²) in [7, 11) is 0. The highest BCUT2D eigenvalue weighted by Crippen LogP contribution is 2.38. The molecule has 3 nitrogen and oxygen atoms in total. The van der Waals surface area contributed by atoms with Crippen molar-refractivity contribution < 1.29 is 4.79 Å². The molecule has 1 aromatic heterocycles. The molecule has 21 heavy (non-hydrogen) atoms. The highest BCUT2D eigenvalue weighted by atomic mass is 79.9. The summed E-state index contributed by atoms with van der Waals surface area (Å²) in [6.07, 6.45) is 4.35. The van der Waals surface area contributed by atoms with E-state index >= 15 is 0 Å². The van der Waals surface area contributed by atoms with Crippen molar-refractivity contribution in [2.24, 2.45) is 0 Å². The van der Waals surface area contributed by atoms with Gasteiger partial charge in [-0.1, -0.05) is 17.7 Å². The second kappa shape index (κ2) is 5.68. The Balaban J connectivity index is 1.93. The van der Waals surface area contributed by atoms with Crippen LogP contribution in [0.1, 0.15) is 41.9 Å². The van der Waals surface area contributed by atoms with Crippen molar-refractivity contribution >= 4 is 27.5 Å². The van der Waals surface area contributed by atoms with E-state index in [-0.39, 0.29) is 5.91 Å². The van der Waals surface area contributed by atoms with Gasteiger partial charge in [0.25, 0.3) is 5.91 Å². The summed E-state index contributed by atoms with van der Waals surface area (Å²) >= 11 is 3.49. The summed E-state index contributed by atoms with van der Waals surface area (Å²) in [6.45, 7) is 4.73. The van der Waals surface area contributed by atoms with Crippen LogP contribution in [0.25, 0.3) is 0 Å². The van der Waals surface area contributed by atoms with Gasteiger partial charge in [-0.3, -0.25) is 4.79 Å². The van der Waals surface area contributed by atoms with Crippen molar-refractivity contribution in [3.63, 3.8) is 0 Å². The van der Waals surface area contributed by atoms with Gasteiger partial charge in [0.2, 0.25) is 0 Å². The molecule has 3 rings (SSSR count). The summed E-state index contributed by atoms with van der Waals surface area (Å²) in [4.78, 5) is 14.7. The number of benzene rings is 1. The number of amides is 1. The first-order chi connectivity index (χ1) is 10.1. The predicted octanol–water partition coefficient (Wildman–Crippen LogP) is 4.56. The number of anilines is 1. The van der Waals surface area contributed by atoms with Crippen molar-refractivity contribution in [3.8, 4) is 0 Å². The van der Waals surface area contributed by atoms with Crippen molar-refractivity contribution in [2.75, 3.05) is 11.4 Å². The minimum atomic E-state index is 0.0685. The maximum atomic E-state index is 12.9. The molecule has 1 aromatic carbocycles. The van der Waals surface area contributed by atoms with Crippen LogP contribution in [0.2, 0.25) is 0 Å². The number of nitrogens with zero attached hydrogens (tertiary/aromatic N) is 2. The number of aryl methyl sites for hydroxylation is 1. The highest BCUT2D eigenvalue weighted by Gasteiger charge is 2.29. The fourth-order valence-corrected chi connectivity index (χ4v) is 3.02. The first kappa shape index (κ1) is 14.4. The lowest BCUT2D eigenvalue weighted by molar-refractivity contribution is 0.0979. The Morgan fingerprint density at radius 3 is 2.57 bits per heavy atom. The van der Waals surface area contributed by atoms with Gasteiger partial charge >= 0.3 is 0 Å². The molecule has 1 saturated carbocycles. The Morgan fingerprint density at radius 1 is 1.33 bits per heavy atom. The summed E-state index contributed by atoms with van der Waals surface area (Å²) in [6, 6.07) is 10.5. The van der Waals surface area contributed by atoms with Crippen molar-refractivity contribution in [2.45, 2.75) is 32.7 Å². The molecule has 1 aliphatic carbocycles. The number of hydrogen-bond donors (Lipinski definition) is 0. The van der Waals surface area contributed by atoms with Crippen LogP contribution in [0, 0.1) is 6.92 Å². The summed E-state index contributed by atoms with van der Waals surface area (Å²) < 4.78 is 3.08. The number of carbonyl (C=O) groups is 1. The van der Waals surface area contributed by atoms with Gasteiger partial charge in [0.15, 0.2) is 0 Å². The highest BCUT2D eigenvalue weighted by molar-refractivity contribution is 9.10. The van der Waals surface area contributed by atoms with Crippen LogP contribution in [-0.2, 0) is 0 Å². The van der Waals surface area contributed by atoms with E-state index in [1.807, 2.05) is 48.4 Å². The molecule has 1 aliphatic rings. The molecule has 0 saturated heterocycles. The zero-order valence-electron chi connectivity index (χ0n) is 12.3. The van der Waals surface area contributed by atoms with Crippen LogP contribution in [0.5, 0.6) is 0 Å². The van der Waals surface area contributed by atoms with Crippen LogP contribution < -0.4 is 4.90 Å². The third-order valence-corrected chi connectivity index (χ3v) is 4.32. The Morgan fingerprint density at radius 2 is 2.00 bits per heavy atom. The van der Waals surface area contributed by atoms with Gasteiger partial charge in [0, 0.05) is 28.9 Å². The summed E-state index contributed by atoms with van der Waals surface area (Å²) in [5.41, 5.74) is 2.92. The summed E-state index contributed by atoms with van der Waals surface area (Å²) in [5, 5.41) is 0. The van der Waals surface area contributed by atoms with E-state index in [1.54, 1.807) is 0 Å². The monoisotopic (exact) mass is 346 g/mol. The van der Waals surface area contributed by atoms with Crippen molar-refractivity contribution in [1.29, 1.82) is 0 Å². The van der Waals surface area contributed by atoms with Gasteiger partial charge in [0.1, 0.15) is 5.69 Å². The Bertz CT molecular complexity index is 656. The third-order valence-electron chi connectivity index (χ3n) is 3.88. The molecule has 0 bridgehead atoms. The lowest BCUT2D eigenvalue weighted by Crippen LogP contribution is -2.32. The molecule has 0 radical (unpaired) electrons. The quantitative estimate of drug-likeness (QED) is 0.796. The average Bonchev–Trinajstić information content (AvgIpc) is 3.24. The van der Waals surface area contributed by atoms with Crippen LogP contribution in [0.15, 0.2) is 41.0 Å². The zero-order chi connectivity index (χ0) is 15.0. The normalized spacial score (nSPS) is 14.2. The number of rotatable bonds is 4. The molecule has 1 amide bonds. The largest absolute Gasteiger partial charge is 0.339 e. The fourth-order valence-electron chi connectivity index (χ4n) is 2.58. The molecular weight excluding hydrogens is 328 g/mol. The van der Waals surface area contributed by atoms with Crippen LogP contribution in [0.4, 0.5) is 5.69 Å². The smallest absolute Gasteiger partial charge is 0.274 e. The number of carbonyl (C=O) groups excluding carboxylic acids is 1. The molecule has 0 spiro atoms. The first-order valence-electron chi connectivity index (χ1n) is 7.36. The molecule has 0 unspecified atom stereocenters. The standard InChI is InChI=1S/C17H19BrN2O/c1-3-19(14-6-4-12(2)5-7-14)17(21)16-10-13(18)11-20(16)15-8-9-15/h4-7,10-11,15H,3,8-9H2,1-2H3.